The van der Waals surface area contributed by atoms with Gasteiger partial charge in [-0.2, -0.15) is 0 Å². The van der Waals surface area contributed by atoms with Crippen molar-refractivity contribution in [3.8, 4) is 0 Å². The van der Waals surface area contributed by atoms with Crippen molar-refractivity contribution in [2.24, 2.45) is 0 Å². The molecular formula is C17H22ClN5O4S. The molecule has 28 heavy (non-hydrogen) atoms. The summed E-state index contributed by atoms with van der Waals surface area (Å²) in [6.07, 6.45) is 1.01. The first-order chi connectivity index (χ1) is 13.3. The van der Waals surface area contributed by atoms with Gasteiger partial charge in [0.1, 0.15) is 4.88 Å². The number of anilines is 1. The number of carbonyl (C=O) groups is 2. The van der Waals surface area contributed by atoms with Gasteiger partial charge >= 0.3 is 5.97 Å². The molecule has 1 fully saturated rings. The average Bonchev–Trinajstić information content (AvgIpc) is 3.24. The van der Waals surface area contributed by atoms with Gasteiger partial charge in [-0.3, -0.25) is 4.79 Å². The first-order valence-electron chi connectivity index (χ1n) is 8.87. The molecule has 0 unspecified atom stereocenters. The highest BCUT2D eigenvalue weighted by Gasteiger charge is 2.33. The largest absolute Gasteiger partial charge is 0.477 e. The summed E-state index contributed by atoms with van der Waals surface area (Å²) in [5.41, 5.74) is 1.22. The summed E-state index contributed by atoms with van der Waals surface area (Å²) in [7, 11) is 1.59. The molecule has 0 aliphatic carbocycles. The van der Waals surface area contributed by atoms with E-state index in [0.717, 1.165) is 17.0 Å². The third-order valence-corrected chi connectivity index (χ3v) is 6.24. The van der Waals surface area contributed by atoms with Crippen LogP contribution in [0.4, 0.5) is 5.13 Å². The Morgan fingerprint density at radius 2 is 2.21 bits per heavy atom. The van der Waals surface area contributed by atoms with Crippen molar-refractivity contribution in [1.82, 2.24) is 20.3 Å². The number of hydrogen-bond donors (Lipinski definition) is 3. The number of aryl methyl sites for hydroxylation is 2. The molecule has 0 radical (unpaired) electrons. The van der Waals surface area contributed by atoms with Crippen LogP contribution in [0.3, 0.4) is 0 Å². The number of H-pyrrole nitrogens is 1. The minimum Gasteiger partial charge on any atom is -0.477 e. The lowest BCUT2D eigenvalue weighted by atomic mass is 10.0. The number of nitrogens with zero attached hydrogens (tertiary/aromatic N) is 3. The maximum Gasteiger partial charge on any atom is 0.347 e. The van der Waals surface area contributed by atoms with Gasteiger partial charge in [-0.1, -0.05) is 29.9 Å². The van der Waals surface area contributed by atoms with Crippen molar-refractivity contribution in [3.63, 3.8) is 0 Å². The van der Waals surface area contributed by atoms with Gasteiger partial charge in [0.25, 0.3) is 5.91 Å². The molecule has 1 saturated heterocycles. The lowest BCUT2D eigenvalue weighted by molar-refractivity contribution is 0.0538. The van der Waals surface area contributed by atoms with Crippen molar-refractivity contribution in [1.29, 1.82) is 0 Å². The number of hydrogen-bond acceptors (Lipinski definition) is 7. The Bertz CT molecular complexity index is 883. The van der Waals surface area contributed by atoms with E-state index < -0.39 is 5.97 Å². The van der Waals surface area contributed by atoms with Crippen LogP contribution >= 0.6 is 22.9 Å². The van der Waals surface area contributed by atoms with Gasteiger partial charge in [0.15, 0.2) is 16.1 Å². The number of carboxylic acid groups (broad SMARTS) is 1. The van der Waals surface area contributed by atoms with E-state index in [4.69, 9.17) is 16.3 Å². The fourth-order valence-corrected chi connectivity index (χ4v) is 4.38. The first-order valence-corrected chi connectivity index (χ1v) is 10.1. The van der Waals surface area contributed by atoms with Crippen molar-refractivity contribution in [2.75, 3.05) is 25.1 Å². The Morgan fingerprint density at radius 3 is 2.79 bits per heavy atom. The van der Waals surface area contributed by atoms with E-state index in [1.165, 1.54) is 0 Å². The molecule has 1 aliphatic heterocycles. The van der Waals surface area contributed by atoms with E-state index in [0.29, 0.717) is 41.9 Å². The van der Waals surface area contributed by atoms with Crippen LogP contribution in [-0.2, 0) is 11.2 Å². The Labute approximate surface area is 171 Å². The van der Waals surface area contributed by atoms with Crippen molar-refractivity contribution >= 4 is 39.9 Å². The molecule has 1 aliphatic rings. The van der Waals surface area contributed by atoms with Gasteiger partial charge in [0.2, 0.25) is 0 Å². The van der Waals surface area contributed by atoms with Gasteiger partial charge in [-0.15, -0.1) is 0 Å². The molecule has 0 aromatic carbocycles. The van der Waals surface area contributed by atoms with E-state index in [2.05, 4.69) is 20.3 Å². The highest BCUT2D eigenvalue weighted by atomic mass is 35.5. The van der Waals surface area contributed by atoms with Gasteiger partial charge in [0.05, 0.1) is 23.5 Å². The summed E-state index contributed by atoms with van der Waals surface area (Å²) < 4.78 is 5.57. The number of piperidine rings is 1. The molecular weight excluding hydrogens is 406 g/mol. The van der Waals surface area contributed by atoms with Crippen LogP contribution in [-0.4, -0.2) is 64.3 Å². The van der Waals surface area contributed by atoms with Crippen LogP contribution in [0.5, 0.6) is 0 Å². The minimum atomic E-state index is -0.977. The lowest BCUT2D eigenvalue weighted by Crippen LogP contribution is -2.55. The number of aromatic nitrogens is 3. The van der Waals surface area contributed by atoms with Crippen LogP contribution < -0.4 is 10.2 Å². The van der Waals surface area contributed by atoms with Crippen LogP contribution in [0, 0.1) is 6.92 Å². The van der Waals surface area contributed by atoms with Crippen LogP contribution in [0.15, 0.2) is 0 Å². The van der Waals surface area contributed by atoms with Crippen LogP contribution in [0.25, 0.3) is 0 Å². The fourth-order valence-electron chi connectivity index (χ4n) is 3.18. The number of nitrogens with one attached hydrogen (secondary N) is 2. The smallest absolute Gasteiger partial charge is 0.347 e. The number of aromatic amines is 1. The molecule has 152 valence electrons. The third-order valence-electron chi connectivity index (χ3n) is 4.73. The molecule has 2 aromatic rings. The van der Waals surface area contributed by atoms with E-state index >= 15 is 0 Å². The minimum absolute atomic E-state index is 0.181. The first kappa shape index (κ1) is 20.6. The molecule has 3 N–H and O–H groups in total. The number of carboxylic acids is 1. The number of methoxy groups -OCH3 is 1. The van der Waals surface area contributed by atoms with Crippen molar-refractivity contribution in [3.05, 3.63) is 27.2 Å². The van der Waals surface area contributed by atoms with Crippen molar-refractivity contribution in [2.45, 2.75) is 38.8 Å². The average molecular weight is 428 g/mol. The predicted octanol–water partition coefficient (Wildman–Crippen LogP) is 2.11. The number of halogens is 1. The number of aromatic carboxylic acids is 1. The van der Waals surface area contributed by atoms with E-state index in [1.54, 1.807) is 14.0 Å². The summed E-state index contributed by atoms with van der Waals surface area (Å²) in [6.45, 7) is 4.72. The molecule has 9 nitrogen and oxygen atoms in total. The van der Waals surface area contributed by atoms with E-state index in [-0.39, 0.29) is 28.8 Å². The fraction of sp³-hybridized carbons (Fsp3) is 0.529. The second-order valence-corrected chi connectivity index (χ2v) is 7.85. The lowest BCUT2D eigenvalue weighted by Gasteiger charge is -2.37. The maximum absolute atomic E-state index is 12.5. The Hall–Kier alpha value is -2.17. The SMILES string of the molecule is CCc1[nH]c(C(=O)N[C@H]2CCN(c3nc(C)c(C(=O)O)s3)C[C@H]2OC)nc1Cl. The number of amides is 1. The molecule has 1 amide bonds. The summed E-state index contributed by atoms with van der Waals surface area (Å²) in [4.78, 5) is 37.4. The topological polar surface area (TPSA) is 120 Å². The van der Waals surface area contributed by atoms with Gasteiger partial charge in [0, 0.05) is 20.2 Å². The predicted molar refractivity (Wildman–Crippen MR) is 106 cm³/mol. The third kappa shape index (κ3) is 4.13. The van der Waals surface area contributed by atoms with Crippen LogP contribution in [0.2, 0.25) is 5.15 Å². The van der Waals surface area contributed by atoms with E-state index in [1.807, 2.05) is 11.8 Å². The highest BCUT2D eigenvalue weighted by molar-refractivity contribution is 7.17. The quantitative estimate of drug-likeness (QED) is 0.645. The number of thiazole rings is 1. The Balaban J connectivity index is 1.68. The highest BCUT2D eigenvalue weighted by Crippen LogP contribution is 2.29. The van der Waals surface area contributed by atoms with Crippen molar-refractivity contribution < 1.29 is 19.4 Å². The molecule has 3 heterocycles. The molecule has 0 spiro atoms. The van der Waals surface area contributed by atoms with Gasteiger partial charge < -0.3 is 25.0 Å². The van der Waals surface area contributed by atoms with Gasteiger partial charge in [-0.25, -0.2) is 14.8 Å². The van der Waals surface area contributed by atoms with Crippen LogP contribution in [0.1, 0.15) is 45.0 Å². The second kappa shape index (κ2) is 8.46. The number of ether oxygens (including phenoxy) is 1. The molecule has 11 heteroatoms. The zero-order valence-corrected chi connectivity index (χ0v) is 17.4. The monoisotopic (exact) mass is 427 g/mol. The number of carbonyl (C=O) groups excluding carboxylic acids is 1. The molecule has 0 saturated carbocycles. The summed E-state index contributed by atoms with van der Waals surface area (Å²) >= 11 is 7.16. The van der Waals surface area contributed by atoms with E-state index in [9.17, 15) is 14.7 Å². The number of imidazole rings is 1. The molecule has 2 aromatic heterocycles. The Morgan fingerprint density at radius 1 is 1.46 bits per heavy atom. The number of rotatable bonds is 6. The maximum atomic E-state index is 12.5. The Kier molecular flexibility index (Phi) is 6.21. The molecule has 2 atom stereocenters. The zero-order chi connectivity index (χ0) is 20.4. The standard InChI is InChI=1S/C17H22ClN5O4S/c1-4-9-13(18)22-14(20-9)15(24)21-10-5-6-23(7-11(10)27-3)17-19-8(2)12(28-17)16(25)26/h10-11H,4-7H2,1-3H3,(H,20,22)(H,21,24)(H,25,26)/t10-,11+/m0/s1. The molecule has 3 rings (SSSR count). The summed E-state index contributed by atoms with van der Waals surface area (Å²) in [5.74, 6) is -1.13. The zero-order valence-electron chi connectivity index (χ0n) is 15.8. The summed E-state index contributed by atoms with van der Waals surface area (Å²) in [5, 5.41) is 13.1. The van der Waals surface area contributed by atoms with Gasteiger partial charge in [-0.05, 0) is 19.8 Å². The molecule has 0 bridgehead atoms. The second-order valence-electron chi connectivity index (χ2n) is 6.51. The summed E-state index contributed by atoms with van der Waals surface area (Å²) in [6, 6.07) is -0.206. The normalized spacial score (nSPS) is 19.6.